The van der Waals surface area contributed by atoms with Crippen molar-refractivity contribution in [3.63, 3.8) is 0 Å². The number of nitrogens with zero attached hydrogens (tertiary/aromatic N) is 2. The summed E-state index contributed by atoms with van der Waals surface area (Å²) in [5.74, 6) is -0.110. The van der Waals surface area contributed by atoms with E-state index in [1.807, 2.05) is 18.2 Å². The average molecular weight is 478 g/mol. The highest BCUT2D eigenvalue weighted by atomic mass is 35.5. The standard InChI is InChI=1S/C26H24ClN3O4/c1-34-22-13-11-20(12-14-22)28-24(31)17-23-25(32)30(21-5-3-2-4-6-21)26(33)29(23)16-15-18-7-9-19(27)10-8-18/h2-14,23H,15-17H2,1H3,(H,28,31). The van der Waals surface area contributed by atoms with Crippen LogP contribution in [0.25, 0.3) is 0 Å². The third kappa shape index (κ3) is 5.21. The lowest BCUT2D eigenvalue weighted by atomic mass is 10.1. The Labute approximate surface area is 202 Å². The lowest BCUT2D eigenvalue weighted by molar-refractivity contribution is -0.124. The fourth-order valence-corrected chi connectivity index (χ4v) is 3.99. The van der Waals surface area contributed by atoms with Crippen molar-refractivity contribution < 1.29 is 19.1 Å². The number of imide groups is 1. The molecule has 4 amide bonds. The lowest BCUT2D eigenvalue weighted by Crippen LogP contribution is -2.39. The fourth-order valence-electron chi connectivity index (χ4n) is 3.86. The SMILES string of the molecule is COc1ccc(NC(=O)CC2C(=O)N(c3ccccc3)C(=O)N2CCc2ccc(Cl)cc2)cc1. The Morgan fingerprint density at radius 1 is 0.971 bits per heavy atom. The van der Waals surface area contributed by atoms with Crippen molar-refractivity contribution in [2.24, 2.45) is 0 Å². The molecule has 3 aromatic carbocycles. The van der Waals surface area contributed by atoms with Crippen molar-refractivity contribution in [1.29, 1.82) is 0 Å². The van der Waals surface area contributed by atoms with Crippen LogP contribution in [0.1, 0.15) is 12.0 Å². The molecule has 0 saturated carbocycles. The summed E-state index contributed by atoms with van der Waals surface area (Å²) in [6.45, 7) is 0.288. The van der Waals surface area contributed by atoms with Crippen LogP contribution in [-0.2, 0) is 16.0 Å². The molecule has 1 N–H and O–H groups in total. The van der Waals surface area contributed by atoms with Crippen LogP contribution in [0, 0.1) is 0 Å². The monoisotopic (exact) mass is 477 g/mol. The van der Waals surface area contributed by atoms with Crippen LogP contribution in [0.2, 0.25) is 5.02 Å². The number of urea groups is 1. The molecule has 1 atom stereocenters. The Hall–Kier alpha value is -3.84. The molecule has 0 aromatic heterocycles. The molecule has 1 aliphatic rings. The minimum absolute atomic E-state index is 0.152. The second-order valence-corrected chi connectivity index (χ2v) is 8.29. The van der Waals surface area contributed by atoms with Crippen molar-refractivity contribution >= 4 is 40.8 Å². The number of hydrogen-bond donors (Lipinski definition) is 1. The molecule has 34 heavy (non-hydrogen) atoms. The number of nitrogens with one attached hydrogen (secondary N) is 1. The molecule has 174 valence electrons. The number of halogens is 1. The molecule has 1 saturated heterocycles. The number of rotatable bonds is 8. The van der Waals surface area contributed by atoms with Gasteiger partial charge in [0.2, 0.25) is 5.91 Å². The molecule has 0 spiro atoms. The van der Waals surface area contributed by atoms with Gasteiger partial charge < -0.3 is 15.0 Å². The van der Waals surface area contributed by atoms with Gasteiger partial charge in [0.25, 0.3) is 5.91 Å². The first-order valence-corrected chi connectivity index (χ1v) is 11.2. The van der Waals surface area contributed by atoms with E-state index in [2.05, 4.69) is 5.32 Å². The van der Waals surface area contributed by atoms with Gasteiger partial charge in [0.15, 0.2) is 0 Å². The van der Waals surface area contributed by atoms with Gasteiger partial charge in [-0.3, -0.25) is 9.59 Å². The van der Waals surface area contributed by atoms with E-state index in [-0.39, 0.29) is 18.9 Å². The third-order valence-corrected chi connectivity index (χ3v) is 5.89. The van der Waals surface area contributed by atoms with Gasteiger partial charge in [-0.25, -0.2) is 9.69 Å². The predicted molar refractivity (Wildman–Crippen MR) is 131 cm³/mol. The van der Waals surface area contributed by atoms with Crippen LogP contribution in [0.3, 0.4) is 0 Å². The Morgan fingerprint density at radius 3 is 2.29 bits per heavy atom. The highest BCUT2D eigenvalue weighted by Gasteiger charge is 2.46. The zero-order valence-electron chi connectivity index (χ0n) is 18.6. The van der Waals surface area contributed by atoms with E-state index < -0.39 is 18.0 Å². The summed E-state index contributed by atoms with van der Waals surface area (Å²) in [4.78, 5) is 42.0. The van der Waals surface area contributed by atoms with Gasteiger partial charge in [0.1, 0.15) is 11.8 Å². The average Bonchev–Trinajstić information content (AvgIpc) is 3.08. The molecule has 0 bridgehead atoms. The molecule has 3 aromatic rings. The number of benzene rings is 3. The smallest absolute Gasteiger partial charge is 0.332 e. The van der Waals surface area contributed by atoms with Gasteiger partial charge in [-0.2, -0.15) is 0 Å². The van der Waals surface area contributed by atoms with E-state index in [4.69, 9.17) is 16.3 Å². The van der Waals surface area contributed by atoms with E-state index in [1.165, 1.54) is 4.90 Å². The maximum atomic E-state index is 13.3. The van der Waals surface area contributed by atoms with E-state index in [9.17, 15) is 14.4 Å². The summed E-state index contributed by atoms with van der Waals surface area (Å²) in [6, 6.07) is 21.6. The largest absolute Gasteiger partial charge is 0.497 e. The molecule has 1 heterocycles. The first-order chi connectivity index (χ1) is 16.5. The van der Waals surface area contributed by atoms with Gasteiger partial charge in [0, 0.05) is 17.3 Å². The third-order valence-electron chi connectivity index (χ3n) is 5.64. The summed E-state index contributed by atoms with van der Waals surface area (Å²) >= 11 is 5.96. The molecule has 0 aliphatic carbocycles. The fraction of sp³-hybridized carbons (Fsp3) is 0.192. The van der Waals surface area contributed by atoms with Crippen molar-refractivity contribution in [3.05, 3.63) is 89.4 Å². The van der Waals surface area contributed by atoms with E-state index >= 15 is 0 Å². The predicted octanol–water partition coefficient (Wildman–Crippen LogP) is 4.76. The molecule has 8 heteroatoms. The number of carbonyl (C=O) groups is 3. The summed E-state index contributed by atoms with van der Waals surface area (Å²) in [5, 5.41) is 3.42. The number of hydrogen-bond acceptors (Lipinski definition) is 4. The van der Waals surface area contributed by atoms with Crippen LogP contribution in [-0.4, -0.2) is 42.4 Å². The number of para-hydroxylation sites is 1. The molecule has 1 unspecified atom stereocenters. The summed E-state index contributed by atoms with van der Waals surface area (Å²) in [5.41, 5.74) is 2.03. The number of ether oxygens (including phenoxy) is 1. The van der Waals surface area contributed by atoms with Gasteiger partial charge in [-0.05, 0) is 60.5 Å². The zero-order chi connectivity index (χ0) is 24.1. The number of carbonyl (C=O) groups excluding carboxylic acids is 3. The number of anilines is 2. The Balaban J connectivity index is 1.52. The molecule has 0 radical (unpaired) electrons. The van der Waals surface area contributed by atoms with Gasteiger partial charge in [-0.1, -0.05) is 41.9 Å². The molecule has 1 aliphatic heterocycles. The second-order valence-electron chi connectivity index (χ2n) is 7.86. The number of methoxy groups -OCH3 is 1. The summed E-state index contributed by atoms with van der Waals surface area (Å²) < 4.78 is 5.13. The molecule has 1 fully saturated rings. The van der Waals surface area contributed by atoms with Crippen LogP contribution < -0.4 is 15.0 Å². The van der Waals surface area contributed by atoms with Gasteiger partial charge >= 0.3 is 6.03 Å². The maximum Gasteiger partial charge on any atom is 0.332 e. The minimum Gasteiger partial charge on any atom is -0.497 e. The summed E-state index contributed by atoms with van der Waals surface area (Å²) in [7, 11) is 1.56. The van der Waals surface area contributed by atoms with Gasteiger partial charge in [0.05, 0.1) is 19.2 Å². The second kappa shape index (κ2) is 10.4. The van der Waals surface area contributed by atoms with Crippen LogP contribution in [0.5, 0.6) is 5.75 Å². The highest BCUT2D eigenvalue weighted by Crippen LogP contribution is 2.27. The molecular weight excluding hydrogens is 454 g/mol. The molecular formula is C26H24ClN3O4. The van der Waals surface area contributed by atoms with Crippen molar-refractivity contribution in [1.82, 2.24) is 4.90 Å². The minimum atomic E-state index is -0.904. The van der Waals surface area contributed by atoms with Crippen LogP contribution in [0.15, 0.2) is 78.9 Å². The van der Waals surface area contributed by atoms with Gasteiger partial charge in [-0.15, -0.1) is 0 Å². The maximum absolute atomic E-state index is 13.3. The molecule has 7 nitrogen and oxygen atoms in total. The zero-order valence-corrected chi connectivity index (χ0v) is 19.4. The Bertz CT molecular complexity index is 1170. The number of amides is 4. The molecule has 4 rings (SSSR count). The Morgan fingerprint density at radius 2 is 1.65 bits per heavy atom. The van der Waals surface area contributed by atoms with Crippen LogP contribution in [0.4, 0.5) is 16.2 Å². The quantitative estimate of drug-likeness (QED) is 0.474. The van der Waals surface area contributed by atoms with Crippen molar-refractivity contribution in [2.75, 3.05) is 23.9 Å². The van der Waals surface area contributed by atoms with E-state index in [1.54, 1.807) is 67.8 Å². The normalized spacial score (nSPS) is 15.5. The topological polar surface area (TPSA) is 79.0 Å². The van der Waals surface area contributed by atoms with Crippen molar-refractivity contribution in [2.45, 2.75) is 18.9 Å². The lowest BCUT2D eigenvalue weighted by Gasteiger charge is -2.21. The van der Waals surface area contributed by atoms with E-state index in [0.29, 0.717) is 28.6 Å². The Kier molecular flexibility index (Phi) is 7.13. The first kappa shape index (κ1) is 23.3. The highest BCUT2D eigenvalue weighted by molar-refractivity contribution is 6.30. The first-order valence-electron chi connectivity index (χ1n) is 10.8. The van der Waals surface area contributed by atoms with E-state index in [0.717, 1.165) is 10.5 Å². The summed E-state index contributed by atoms with van der Waals surface area (Å²) in [6.07, 6.45) is 0.371. The van der Waals surface area contributed by atoms with Crippen molar-refractivity contribution in [3.8, 4) is 5.75 Å². The van der Waals surface area contributed by atoms with Crippen LogP contribution >= 0.6 is 11.6 Å².